The van der Waals surface area contributed by atoms with Gasteiger partial charge in [-0.1, -0.05) is 34.8 Å². The van der Waals surface area contributed by atoms with Gasteiger partial charge in [0.05, 0.1) is 0 Å². The number of rotatable bonds is 0. The first-order valence-corrected chi connectivity index (χ1v) is 1.96. The fraction of sp³-hybridized carbons (Fsp3) is 1.00. The van der Waals surface area contributed by atoms with Gasteiger partial charge in [-0.05, 0) is 0 Å². The molecule has 0 aromatic carbocycles. The largest absolute Gasteiger partial charge is 1.00 e. The van der Waals surface area contributed by atoms with E-state index in [1.807, 2.05) is 0 Å². The summed E-state index contributed by atoms with van der Waals surface area (Å²) in [5.74, 6) is 0. The molecular weight excluding hydrogens is 154 g/mol. The minimum Gasteiger partial charge on any atom is -1.00 e. The third-order valence-corrected chi connectivity index (χ3v) is 0. The van der Waals surface area contributed by atoms with Gasteiger partial charge in [0.1, 0.15) is 0 Å². The van der Waals surface area contributed by atoms with Crippen molar-refractivity contribution in [3.63, 3.8) is 0 Å². The zero-order chi connectivity index (χ0) is 3.58. The van der Waals surface area contributed by atoms with Crippen LogP contribution in [0, 0.1) is 0 Å². The van der Waals surface area contributed by atoms with Crippen molar-refractivity contribution < 1.29 is 12.4 Å². The van der Waals surface area contributed by atoms with Gasteiger partial charge in [0.2, 0.25) is 0 Å². The molecule has 0 rings (SSSR count). The fourth-order valence-electron chi connectivity index (χ4n) is 0. The Morgan fingerprint density at radius 1 is 1.00 bits per heavy atom. The summed E-state index contributed by atoms with van der Waals surface area (Å²) in [6.07, 6.45) is 0. The van der Waals surface area contributed by atoms with Crippen molar-refractivity contribution in [3.8, 4) is 0 Å². The molecule has 0 heterocycles. The van der Waals surface area contributed by atoms with Gasteiger partial charge in [-0.3, -0.25) is 0 Å². The van der Waals surface area contributed by atoms with Gasteiger partial charge in [0.15, 0.2) is 4.30 Å². The number of hydrogen-bond acceptors (Lipinski definition) is 0. The van der Waals surface area contributed by atoms with Crippen molar-refractivity contribution in [1.29, 1.82) is 0 Å². The zero-order valence-electron chi connectivity index (χ0n) is 2.09. The zero-order valence-corrected chi connectivity index (χ0v) is 5.11. The predicted molar refractivity (Wildman–Crippen MR) is 21.3 cm³/mol. The van der Waals surface area contributed by atoms with Crippen molar-refractivity contribution in [2.24, 2.45) is 0 Å². The van der Waals surface area contributed by atoms with Crippen LogP contribution in [0.4, 0.5) is 0 Å². The molecule has 0 spiro atoms. The van der Waals surface area contributed by atoms with Crippen LogP contribution in [0.3, 0.4) is 0 Å². The summed E-state index contributed by atoms with van der Waals surface area (Å²) >= 11 is 14.4. The monoisotopic (exact) mass is 153 g/mol. The lowest BCUT2D eigenvalue weighted by atomic mass is 11.9. The quantitative estimate of drug-likeness (QED) is 0.393. The maximum Gasteiger partial charge on any atom is 0.180 e. The Bertz CT molecular complexity index is 8.36. The van der Waals surface area contributed by atoms with Crippen molar-refractivity contribution in [2.75, 3.05) is 0 Å². The molecule has 0 unspecified atom stereocenters. The molecule has 5 heavy (non-hydrogen) atoms. The van der Waals surface area contributed by atoms with Crippen LogP contribution in [-0.2, 0) is 0 Å². The van der Waals surface area contributed by atoms with Crippen LogP contribution < -0.4 is 12.4 Å². The van der Waals surface area contributed by atoms with E-state index in [1.165, 1.54) is 0 Å². The molecule has 0 aromatic rings. The van der Waals surface area contributed by atoms with E-state index in [-0.39, 0.29) is 12.4 Å². The molecule has 0 saturated carbocycles. The van der Waals surface area contributed by atoms with Crippen molar-refractivity contribution in [1.82, 2.24) is 0 Å². The Morgan fingerprint density at radius 3 is 1.00 bits per heavy atom. The first-order chi connectivity index (χ1) is 1.73. The Kier molecular flexibility index (Phi) is 9.78. The van der Waals surface area contributed by atoms with E-state index in [9.17, 15) is 0 Å². The fourth-order valence-corrected chi connectivity index (χ4v) is 0. The maximum absolute atomic E-state index is 4.81. The van der Waals surface area contributed by atoms with Crippen LogP contribution in [0.2, 0.25) is 0 Å². The Labute approximate surface area is 51.8 Å². The first kappa shape index (κ1) is 9.48. The molecule has 0 amide bonds. The molecule has 0 nitrogen and oxygen atoms in total. The van der Waals surface area contributed by atoms with E-state index in [2.05, 4.69) is 0 Å². The number of alkyl halides is 3. The molecule has 0 aliphatic heterocycles. The molecule has 0 aliphatic rings. The highest BCUT2D eigenvalue weighted by Crippen LogP contribution is 2.03. The van der Waals surface area contributed by atoms with E-state index in [0.717, 1.165) is 0 Å². The minimum atomic E-state index is -0.750. The van der Waals surface area contributed by atoms with Crippen molar-refractivity contribution in [3.05, 3.63) is 0 Å². The molecule has 34 valence electrons. The molecule has 0 radical (unpaired) electrons. The highest BCUT2D eigenvalue weighted by Gasteiger charge is 1.78. The average molecular weight is 155 g/mol. The van der Waals surface area contributed by atoms with E-state index in [1.54, 1.807) is 0 Å². The van der Waals surface area contributed by atoms with E-state index in [0.29, 0.717) is 0 Å². The molecule has 0 aromatic heterocycles. The lowest BCUT2D eigenvalue weighted by molar-refractivity contribution is -0.000000620. The lowest BCUT2D eigenvalue weighted by Gasteiger charge is -1.69. The maximum atomic E-state index is 4.81. The summed E-state index contributed by atoms with van der Waals surface area (Å²) in [5.41, 5.74) is 0. The third-order valence-electron chi connectivity index (χ3n) is 0. The van der Waals surface area contributed by atoms with Crippen molar-refractivity contribution in [2.45, 2.75) is 4.30 Å². The second-order valence-corrected chi connectivity index (χ2v) is 2.23. The minimum absolute atomic E-state index is 0. The van der Waals surface area contributed by atoms with Gasteiger partial charge < -0.3 is 12.4 Å². The highest BCUT2D eigenvalue weighted by atomic mass is 35.6. The molecule has 0 atom stereocenters. The van der Waals surface area contributed by atoms with Crippen molar-refractivity contribution >= 4 is 34.8 Å². The molecule has 0 aliphatic carbocycles. The van der Waals surface area contributed by atoms with Gasteiger partial charge in [-0.15, -0.1) is 0 Å². The normalized spacial score (nSPS) is 7.20. The van der Waals surface area contributed by atoms with Crippen LogP contribution in [0.25, 0.3) is 0 Å². The van der Waals surface area contributed by atoms with Crippen LogP contribution in [-0.4, -0.2) is 4.30 Å². The summed E-state index contributed by atoms with van der Waals surface area (Å²) in [6.45, 7) is 0. The molecule has 0 bridgehead atoms. The van der Waals surface area contributed by atoms with Crippen LogP contribution in [0.5, 0.6) is 0 Å². The molecule has 0 fully saturated rings. The van der Waals surface area contributed by atoms with Gasteiger partial charge in [-0.2, -0.15) is 0 Å². The van der Waals surface area contributed by atoms with E-state index >= 15 is 0 Å². The highest BCUT2D eigenvalue weighted by molar-refractivity contribution is 6.63. The van der Waals surface area contributed by atoms with E-state index < -0.39 is 4.30 Å². The summed E-state index contributed by atoms with van der Waals surface area (Å²) in [4.78, 5) is 0. The summed E-state index contributed by atoms with van der Waals surface area (Å²) in [6, 6.07) is 0. The van der Waals surface area contributed by atoms with Crippen LogP contribution in [0.15, 0.2) is 0 Å². The van der Waals surface area contributed by atoms with Gasteiger partial charge in [0, 0.05) is 0 Å². The summed E-state index contributed by atoms with van der Waals surface area (Å²) in [5, 5.41) is 0. The summed E-state index contributed by atoms with van der Waals surface area (Å²) in [7, 11) is 0. The Hall–Kier alpha value is 1.16. The van der Waals surface area contributed by atoms with Crippen LogP contribution in [0.1, 0.15) is 0 Å². The smallest absolute Gasteiger partial charge is 0.180 e. The van der Waals surface area contributed by atoms with Gasteiger partial charge in [0.25, 0.3) is 0 Å². The first-order valence-electron chi connectivity index (χ1n) is 0.655. The third kappa shape index (κ3) is 38.3. The summed E-state index contributed by atoms with van der Waals surface area (Å²) < 4.78 is -0.750. The Morgan fingerprint density at radius 2 is 1.00 bits per heavy atom. The lowest BCUT2D eigenvalue weighted by Crippen LogP contribution is -3.00. The topological polar surface area (TPSA) is 0 Å². The second kappa shape index (κ2) is 5.16. The molecule has 0 saturated heterocycles. The Balaban J connectivity index is 0. The SMILES string of the molecule is ClC(Cl)Cl.[Cl-]. The van der Waals surface area contributed by atoms with Gasteiger partial charge in [-0.25, -0.2) is 0 Å². The number of hydrogen-bond donors (Lipinski definition) is 0. The standard InChI is InChI=1S/CHCl3.ClH/c2-1(3)4;/h1H;1H/p-1. The second-order valence-electron chi connectivity index (χ2n) is 0.247. The molecule has 0 N–H and O–H groups in total. The van der Waals surface area contributed by atoms with E-state index in [4.69, 9.17) is 34.8 Å². The van der Waals surface area contributed by atoms with Gasteiger partial charge >= 0.3 is 0 Å². The average Bonchev–Trinajstić information content (AvgIpc) is 0.811. The predicted octanol–water partition coefficient (Wildman–Crippen LogP) is -1.01. The molecular formula is CHCl4-. The number of halogens is 4. The van der Waals surface area contributed by atoms with Crippen LogP contribution >= 0.6 is 34.8 Å². The molecule has 4 heteroatoms.